The van der Waals surface area contributed by atoms with Gasteiger partial charge in [0.15, 0.2) is 0 Å². The molecule has 0 aliphatic heterocycles. The van der Waals surface area contributed by atoms with E-state index in [2.05, 4.69) is 0 Å². The molecule has 0 N–H and O–H groups in total. The quantitative estimate of drug-likeness (QED) is 0.387. The second-order valence-corrected chi connectivity index (χ2v) is 1.62. The molecule has 0 unspecified atom stereocenters. The van der Waals surface area contributed by atoms with E-state index in [1.807, 2.05) is 18.7 Å². The van der Waals surface area contributed by atoms with Gasteiger partial charge in [0.2, 0.25) is 0 Å². The zero-order valence-corrected chi connectivity index (χ0v) is 4.46. The molecule has 0 aliphatic rings. The van der Waals surface area contributed by atoms with Crippen molar-refractivity contribution in [1.29, 1.82) is 5.26 Å². The lowest BCUT2D eigenvalue weighted by Gasteiger charge is -1.76. The Labute approximate surface area is 42.3 Å². The van der Waals surface area contributed by atoms with Crippen LogP contribution in [0.15, 0.2) is 0 Å². The van der Waals surface area contributed by atoms with Crippen molar-refractivity contribution in [2.24, 2.45) is 0 Å². The Morgan fingerprint density at radius 3 is 2.83 bits per heavy atom. The second kappa shape index (κ2) is 4.84. The summed E-state index contributed by atoms with van der Waals surface area (Å²) in [5, 5.41) is 9.84. The maximum atomic E-state index is 7.89. The summed E-state index contributed by atoms with van der Waals surface area (Å²) in [6.07, 6.45) is 1.95. The molecule has 0 heterocycles. The molecule has 0 saturated carbocycles. The molecule has 0 rings (SSSR count). The predicted molar refractivity (Wildman–Crippen MR) is 28.0 cm³/mol. The molecule has 0 atom stereocenters. The van der Waals surface area contributed by atoms with Crippen molar-refractivity contribution in [3.63, 3.8) is 0 Å². The van der Waals surface area contributed by atoms with Crippen LogP contribution in [-0.4, -0.2) is 5.75 Å². The Balaban J connectivity index is 2.54. The van der Waals surface area contributed by atoms with Gasteiger partial charge in [0.25, 0.3) is 0 Å². The summed E-state index contributed by atoms with van der Waals surface area (Å²) in [6.45, 7) is 1.93. The summed E-state index contributed by atoms with van der Waals surface area (Å²) in [7, 11) is 0. The third-order valence-electron chi connectivity index (χ3n) is 0.315. The van der Waals surface area contributed by atoms with Crippen LogP contribution in [0.3, 0.4) is 0 Å². The molecule has 6 heavy (non-hydrogen) atoms. The summed E-state index contributed by atoms with van der Waals surface area (Å²) < 4.78 is 0. The van der Waals surface area contributed by atoms with E-state index in [4.69, 9.17) is 5.26 Å². The summed E-state index contributed by atoms with van der Waals surface area (Å²) in [5.41, 5.74) is 0. The molecular weight excluding hydrogens is 94.1 g/mol. The topological polar surface area (TPSA) is 23.8 Å². The molecule has 0 spiro atoms. The molecule has 0 bridgehead atoms. The van der Waals surface area contributed by atoms with Gasteiger partial charge < -0.3 is 0 Å². The first-order valence-electron chi connectivity index (χ1n) is 1.70. The molecule has 2 heteroatoms. The van der Waals surface area contributed by atoms with E-state index in [0.717, 1.165) is 5.75 Å². The van der Waals surface area contributed by atoms with E-state index in [0.29, 0.717) is 0 Å². The highest BCUT2D eigenvalue weighted by atomic mass is 32.2. The van der Waals surface area contributed by atoms with Crippen molar-refractivity contribution in [1.82, 2.24) is 0 Å². The van der Waals surface area contributed by atoms with Crippen LogP contribution >= 0.6 is 11.8 Å². The third kappa shape index (κ3) is 3.84. The maximum absolute atomic E-state index is 7.89. The minimum Gasteiger partial charge on any atom is -0.185 e. The van der Waals surface area contributed by atoms with Crippen LogP contribution in [-0.2, 0) is 0 Å². The fraction of sp³-hybridized carbons (Fsp3) is 0.500. The van der Waals surface area contributed by atoms with Crippen molar-refractivity contribution in [2.45, 2.75) is 6.92 Å². The van der Waals surface area contributed by atoms with Crippen LogP contribution in [0, 0.1) is 17.1 Å². The number of nitrogens with zero attached hydrogens (tertiary/aromatic N) is 1. The van der Waals surface area contributed by atoms with Gasteiger partial charge in [-0.1, -0.05) is 6.92 Å². The van der Waals surface area contributed by atoms with Gasteiger partial charge in [0.1, 0.15) is 5.40 Å². The number of rotatable bonds is 2. The van der Waals surface area contributed by atoms with E-state index in [-0.39, 0.29) is 0 Å². The number of thioether (sulfide) groups is 1. The molecule has 0 saturated heterocycles. The fourth-order valence-corrected chi connectivity index (χ4v) is 0.362. The normalized spacial score (nSPS) is 7.33. The van der Waals surface area contributed by atoms with Gasteiger partial charge in [-0.15, -0.1) is 0 Å². The Hall–Kier alpha value is -0.160. The zero-order valence-electron chi connectivity index (χ0n) is 3.64. The van der Waals surface area contributed by atoms with Gasteiger partial charge in [0, 0.05) is 5.75 Å². The minimum absolute atomic E-state index is 0.844. The van der Waals surface area contributed by atoms with E-state index in [1.54, 1.807) is 0 Å². The van der Waals surface area contributed by atoms with E-state index < -0.39 is 0 Å². The highest BCUT2D eigenvalue weighted by Crippen LogP contribution is 1.94. The molecule has 33 valence electrons. The van der Waals surface area contributed by atoms with Crippen molar-refractivity contribution < 1.29 is 0 Å². The van der Waals surface area contributed by atoms with Crippen molar-refractivity contribution >= 4 is 11.8 Å². The first-order valence-corrected chi connectivity index (χ1v) is 2.69. The Kier molecular flexibility index (Phi) is 4.71. The van der Waals surface area contributed by atoms with Crippen LogP contribution < -0.4 is 0 Å². The monoisotopic (exact) mass is 100 g/mol. The first-order chi connectivity index (χ1) is 2.91. The summed E-state index contributed by atoms with van der Waals surface area (Å²) in [5.74, 6) is 0.844. The SMILES string of the molecule is C[CH]CSC#N. The first kappa shape index (κ1) is 5.84. The summed E-state index contributed by atoms with van der Waals surface area (Å²) >= 11 is 1.26. The molecule has 0 aliphatic carbocycles. The maximum Gasteiger partial charge on any atom is 0.133 e. The number of hydrogen-bond acceptors (Lipinski definition) is 2. The molecule has 1 radical (unpaired) electrons. The largest absolute Gasteiger partial charge is 0.185 e. The van der Waals surface area contributed by atoms with E-state index in [9.17, 15) is 0 Å². The highest BCUT2D eigenvalue weighted by molar-refractivity contribution is 8.03. The highest BCUT2D eigenvalue weighted by Gasteiger charge is 1.75. The average Bonchev–Trinajstić information content (AvgIpc) is 1.61. The van der Waals surface area contributed by atoms with Crippen molar-refractivity contribution in [3.05, 3.63) is 6.42 Å². The smallest absolute Gasteiger partial charge is 0.133 e. The summed E-state index contributed by atoms with van der Waals surface area (Å²) in [4.78, 5) is 0. The van der Waals surface area contributed by atoms with Gasteiger partial charge in [-0.2, -0.15) is 5.26 Å². The van der Waals surface area contributed by atoms with E-state index >= 15 is 0 Å². The lowest BCUT2D eigenvalue weighted by atomic mass is 10.6. The van der Waals surface area contributed by atoms with Crippen molar-refractivity contribution in [2.75, 3.05) is 5.75 Å². The van der Waals surface area contributed by atoms with Crippen LogP contribution in [0.1, 0.15) is 6.92 Å². The number of hydrogen-bond donors (Lipinski definition) is 0. The van der Waals surface area contributed by atoms with Gasteiger partial charge in [-0.3, -0.25) is 0 Å². The Morgan fingerprint density at radius 2 is 2.67 bits per heavy atom. The van der Waals surface area contributed by atoms with Gasteiger partial charge in [0.05, 0.1) is 0 Å². The average molecular weight is 100 g/mol. The minimum atomic E-state index is 0.844. The lowest BCUT2D eigenvalue weighted by molar-refractivity contribution is 1.43. The third-order valence-corrected chi connectivity index (χ3v) is 0.944. The van der Waals surface area contributed by atoms with Crippen LogP contribution in [0.5, 0.6) is 0 Å². The Morgan fingerprint density at radius 1 is 2.00 bits per heavy atom. The fourth-order valence-electron chi connectivity index (χ4n) is 0.121. The van der Waals surface area contributed by atoms with Crippen LogP contribution in [0.25, 0.3) is 0 Å². The molecule has 0 aromatic carbocycles. The van der Waals surface area contributed by atoms with E-state index in [1.165, 1.54) is 11.8 Å². The van der Waals surface area contributed by atoms with Gasteiger partial charge in [-0.25, -0.2) is 0 Å². The predicted octanol–water partition coefficient (Wildman–Crippen LogP) is 1.42. The molecule has 1 nitrogen and oxygen atoms in total. The zero-order chi connectivity index (χ0) is 4.83. The van der Waals surface area contributed by atoms with Crippen LogP contribution in [0.2, 0.25) is 0 Å². The van der Waals surface area contributed by atoms with Gasteiger partial charge >= 0.3 is 0 Å². The molecular formula is C4H6NS. The molecule has 0 amide bonds. The molecule has 0 aromatic rings. The molecule has 0 aromatic heterocycles. The lowest BCUT2D eigenvalue weighted by Crippen LogP contribution is -1.66. The number of thiocyanates is 1. The van der Waals surface area contributed by atoms with Gasteiger partial charge in [-0.05, 0) is 18.2 Å². The summed E-state index contributed by atoms with van der Waals surface area (Å²) in [6, 6.07) is 0. The Bertz CT molecular complexity index is 55.1. The second-order valence-electron chi connectivity index (χ2n) is 0.811. The standard InChI is InChI=1S/C4H6NS/c1-2-3-6-4-5/h2H,3H2,1H3. The number of nitriles is 1. The van der Waals surface area contributed by atoms with Crippen molar-refractivity contribution in [3.8, 4) is 5.40 Å². The molecule has 0 fully saturated rings. The van der Waals surface area contributed by atoms with Crippen LogP contribution in [0.4, 0.5) is 0 Å².